The molecule has 4 heterocycles. The van der Waals surface area contributed by atoms with Gasteiger partial charge in [0.05, 0.1) is 35.6 Å². The maximum Gasteiger partial charge on any atom is 0.157 e. The Morgan fingerprint density at radius 2 is 0.648 bits per heavy atom. The average molecular weight is 789 g/mol. The first-order valence-electron chi connectivity index (χ1n) is 19.0. The molecule has 0 unspecified atom stereocenters. The summed E-state index contributed by atoms with van der Waals surface area (Å²) in [6.45, 7) is 6.16. The van der Waals surface area contributed by atoms with Crippen molar-refractivity contribution in [3.05, 3.63) is 0 Å². The van der Waals surface area contributed by atoms with E-state index in [1.807, 2.05) is 0 Å². The van der Waals surface area contributed by atoms with E-state index in [1.165, 1.54) is 13.8 Å². The predicted molar refractivity (Wildman–Crippen MR) is 168 cm³/mol. The minimum atomic E-state index is -1.84. The van der Waals surface area contributed by atoms with Gasteiger partial charge in [0.1, 0.15) is 69.4 Å². The van der Waals surface area contributed by atoms with Crippen molar-refractivity contribution in [2.24, 2.45) is 11.8 Å². The largest absolute Gasteiger partial charge is 0.387 e. The lowest BCUT2D eigenvalue weighted by molar-refractivity contribution is -0.0987. The maximum absolute atomic E-state index is 13.7. The fourth-order valence-electron chi connectivity index (χ4n) is 12.1. The number of aliphatic hydroxyl groups is 8. The minimum Gasteiger partial charge on any atom is -0.387 e. The van der Waals surface area contributed by atoms with Crippen LogP contribution in [0.25, 0.3) is 0 Å². The molecule has 0 aromatic rings. The van der Waals surface area contributed by atoms with Gasteiger partial charge in [0.15, 0.2) is 24.7 Å². The average Bonchev–Trinajstić information content (AvgIpc) is 3.96. The zero-order valence-electron chi connectivity index (χ0n) is 30.2. The number of fused-ring (bicyclic) bond motifs is 12. The van der Waals surface area contributed by atoms with E-state index in [-0.39, 0.29) is 37.5 Å². The van der Waals surface area contributed by atoms with E-state index < -0.39 is 130 Å². The molecule has 4 saturated heterocycles. The molecule has 24 atom stereocenters. The summed E-state index contributed by atoms with van der Waals surface area (Å²) in [6.07, 6.45) is -11.1. The molecule has 0 bridgehead atoms. The van der Waals surface area contributed by atoms with Gasteiger partial charge in [-0.2, -0.15) is 0 Å². The molecular weight excluding hydrogens is 738 g/mol. The lowest BCUT2D eigenvalue weighted by Gasteiger charge is -2.26. The van der Waals surface area contributed by atoms with Crippen molar-refractivity contribution in [3.8, 4) is 0 Å². The molecular formula is C36H50F6O12. The third kappa shape index (κ3) is 4.49. The standard InChI is InChI=1S/2C9H12F2O3.2C9H13FO3/c2*1-4-5(10)8(12)2-7(11)3-9(7,13)6(8)14-4;2*1-4-6(10)9(12)3-5-2-8(5,11)7(9)13-4/h2*4-6,12-13H,2-3H2,1H3;2*4-7,11-12H,2-3H2,1H3/t4-,5+,6-,7-,8-,9-;4-,5-,6-,7-,8-,9-;4-,5-,6+,7+,8+,9-;4-,5-,6-,7+,8+,9-/m0000/s1. The molecule has 12 rings (SSSR count). The molecule has 12 nitrogen and oxygen atoms in total. The summed E-state index contributed by atoms with van der Waals surface area (Å²) < 4.78 is 102. The van der Waals surface area contributed by atoms with Gasteiger partial charge >= 0.3 is 0 Å². The normalized spacial score (nSPS) is 69.9. The second kappa shape index (κ2) is 10.6. The van der Waals surface area contributed by atoms with E-state index >= 15 is 0 Å². The highest BCUT2D eigenvalue weighted by Crippen LogP contribution is 2.71. The van der Waals surface area contributed by atoms with Crippen LogP contribution in [0.3, 0.4) is 0 Å². The Morgan fingerprint density at radius 3 is 0.926 bits per heavy atom. The topological polar surface area (TPSA) is 199 Å². The van der Waals surface area contributed by atoms with Gasteiger partial charge in [-0.3, -0.25) is 0 Å². The highest BCUT2D eigenvalue weighted by Gasteiger charge is 2.88. The second-order valence-corrected chi connectivity index (χ2v) is 19.1. The molecule has 308 valence electrons. The lowest BCUT2D eigenvalue weighted by atomic mass is 9.90. The van der Waals surface area contributed by atoms with Gasteiger partial charge in [0.2, 0.25) is 0 Å². The first-order chi connectivity index (χ1) is 24.6. The van der Waals surface area contributed by atoms with Crippen molar-refractivity contribution < 1.29 is 86.1 Å². The summed E-state index contributed by atoms with van der Waals surface area (Å²) in [7, 11) is 0. The van der Waals surface area contributed by atoms with Crippen LogP contribution in [0.4, 0.5) is 26.3 Å². The molecule has 4 aliphatic heterocycles. The summed E-state index contributed by atoms with van der Waals surface area (Å²) in [5, 5.41) is 79.1. The van der Waals surface area contributed by atoms with E-state index in [1.54, 1.807) is 13.8 Å². The fourth-order valence-corrected chi connectivity index (χ4v) is 12.1. The van der Waals surface area contributed by atoms with Gasteiger partial charge in [-0.25, -0.2) is 26.3 Å². The van der Waals surface area contributed by atoms with E-state index in [4.69, 9.17) is 18.9 Å². The van der Waals surface area contributed by atoms with Crippen molar-refractivity contribution in [2.75, 3.05) is 0 Å². The molecule has 0 spiro atoms. The van der Waals surface area contributed by atoms with Crippen molar-refractivity contribution in [1.82, 2.24) is 0 Å². The molecule has 0 amide bonds. The van der Waals surface area contributed by atoms with Gasteiger partial charge in [0.25, 0.3) is 0 Å². The third-order valence-corrected chi connectivity index (χ3v) is 15.5. The quantitative estimate of drug-likeness (QED) is 0.155. The van der Waals surface area contributed by atoms with Crippen LogP contribution in [0.5, 0.6) is 0 Å². The highest BCUT2D eigenvalue weighted by molar-refractivity contribution is 5.38. The third-order valence-electron chi connectivity index (χ3n) is 15.5. The van der Waals surface area contributed by atoms with E-state index in [0.29, 0.717) is 25.7 Å². The number of rotatable bonds is 0. The first kappa shape index (κ1) is 38.6. The SMILES string of the molecule is C[C@@H]1O[C@@H]2[C@@]3(O)C[C@H]3C[C@]2(O)[C@@H]1F.C[C@@H]1O[C@@H]2[C@@]3(O)C[C@H]3C[C@]2(O)[C@H]1F.C[C@@H]1O[C@H]2[C@](O)(C[C@]3(F)C[C@]23O)[C@@H]1F.C[C@@H]1O[C@H]2[C@](O)(C[C@]3(F)C[C@]23O)[C@H]1F. The van der Waals surface area contributed by atoms with Gasteiger partial charge in [-0.15, -0.1) is 0 Å². The predicted octanol–water partition coefficient (Wildman–Crippen LogP) is 0.175. The van der Waals surface area contributed by atoms with Gasteiger partial charge in [0, 0.05) is 25.7 Å². The van der Waals surface area contributed by atoms with Gasteiger partial charge in [-0.05, 0) is 65.2 Å². The smallest absolute Gasteiger partial charge is 0.157 e. The molecule has 0 aromatic carbocycles. The van der Waals surface area contributed by atoms with Crippen LogP contribution in [0, 0.1) is 11.8 Å². The molecule has 0 radical (unpaired) electrons. The number of hydrogen-bond donors (Lipinski definition) is 8. The summed E-state index contributed by atoms with van der Waals surface area (Å²) in [6, 6.07) is 0. The number of halogens is 6. The molecule has 8 saturated carbocycles. The highest BCUT2D eigenvalue weighted by atomic mass is 19.2. The molecule has 54 heavy (non-hydrogen) atoms. The van der Waals surface area contributed by atoms with Crippen LogP contribution in [0.1, 0.15) is 79.1 Å². The summed E-state index contributed by atoms with van der Waals surface area (Å²) in [4.78, 5) is 0. The van der Waals surface area contributed by atoms with Crippen LogP contribution in [-0.4, -0.2) is 171 Å². The van der Waals surface area contributed by atoms with Crippen LogP contribution in [0.15, 0.2) is 0 Å². The number of hydrogen-bond acceptors (Lipinski definition) is 12. The van der Waals surface area contributed by atoms with Crippen molar-refractivity contribution in [2.45, 2.75) is 209 Å². The minimum absolute atomic E-state index is 0.0492. The van der Waals surface area contributed by atoms with Gasteiger partial charge < -0.3 is 59.8 Å². The first-order valence-corrected chi connectivity index (χ1v) is 19.0. The van der Waals surface area contributed by atoms with Crippen molar-refractivity contribution >= 4 is 0 Å². The number of alkyl halides is 6. The molecule has 12 aliphatic rings. The van der Waals surface area contributed by atoms with Crippen molar-refractivity contribution in [3.63, 3.8) is 0 Å². The Balaban J connectivity index is 0.0000000950. The molecule has 18 heteroatoms. The Hall–Kier alpha value is -0.900. The Morgan fingerprint density at radius 1 is 0.389 bits per heavy atom. The van der Waals surface area contributed by atoms with Crippen LogP contribution < -0.4 is 0 Å². The Labute approximate surface area is 306 Å². The summed E-state index contributed by atoms with van der Waals surface area (Å²) >= 11 is 0. The van der Waals surface area contributed by atoms with E-state index in [0.717, 1.165) is 0 Å². The van der Waals surface area contributed by atoms with Crippen LogP contribution >= 0.6 is 0 Å². The summed E-state index contributed by atoms with van der Waals surface area (Å²) in [5.74, 6) is 0.0986. The van der Waals surface area contributed by atoms with E-state index in [9.17, 15) is 67.2 Å². The summed E-state index contributed by atoms with van der Waals surface area (Å²) in [5.41, 5.74) is -15.3. The molecule has 12 fully saturated rings. The molecule has 8 aliphatic carbocycles. The molecule has 8 N–H and O–H groups in total. The molecule has 0 aromatic heterocycles. The van der Waals surface area contributed by atoms with Crippen LogP contribution in [-0.2, 0) is 18.9 Å². The Bertz CT molecular complexity index is 1510. The van der Waals surface area contributed by atoms with Gasteiger partial charge in [-0.1, -0.05) is 0 Å². The van der Waals surface area contributed by atoms with E-state index in [2.05, 4.69) is 0 Å². The Kier molecular flexibility index (Phi) is 7.60. The lowest BCUT2D eigenvalue weighted by Crippen LogP contribution is -2.47. The van der Waals surface area contributed by atoms with Crippen molar-refractivity contribution in [1.29, 1.82) is 0 Å². The second-order valence-electron chi connectivity index (χ2n) is 19.1. The zero-order chi connectivity index (χ0) is 39.6. The zero-order valence-corrected chi connectivity index (χ0v) is 30.2. The maximum atomic E-state index is 13.7. The van der Waals surface area contributed by atoms with Crippen LogP contribution in [0.2, 0.25) is 0 Å². The monoisotopic (exact) mass is 788 g/mol. The fraction of sp³-hybridized carbons (Fsp3) is 1.00. The number of ether oxygens (including phenoxy) is 4.